The van der Waals surface area contributed by atoms with E-state index in [2.05, 4.69) is 37.9 Å². The highest BCUT2D eigenvalue weighted by Crippen LogP contribution is 2.40. The van der Waals surface area contributed by atoms with Gasteiger partial charge in [-0.05, 0) is 32.5 Å². The van der Waals surface area contributed by atoms with Gasteiger partial charge in [0.1, 0.15) is 0 Å². The van der Waals surface area contributed by atoms with Crippen molar-refractivity contribution in [1.29, 1.82) is 0 Å². The van der Waals surface area contributed by atoms with Crippen molar-refractivity contribution < 1.29 is 4.79 Å². The van der Waals surface area contributed by atoms with Gasteiger partial charge in [-0.25, -0.2) is 0 Å². The Balaban J connectivity index is 2.09. The molecule has 0 spiro atoms. The fraction of sp³-hybridized carbons (Fsp3) is 0.579. The largest absolute Gasteiger partial charge is 0.369 e. The average molecular weight is 328 g/mol. The van der Waals surface area contributed by atoms with Crippen molar-refractivity contribution in [2.45, 2.75) is 44.6 Å². The third kappa shape index (κ3) is 2.71. The lowest BCUT2D eigenvalue weighted by molar-refractivity contribution is -0.127. The first-order valence-corrected chi connectivity index (χ1v) is 8.76. The molecule has 1 saturated heterocycles. The third-order valence-electron chi connectivity index (χ3n) is 5.66. The molecule has 1 aromatic carbocycles. The highest BCUT2D eigenvalue weighted by molar-refractivity contribution is 5.85. The molecule has 0 bridgehead atoms. The number of hydrogen-bond donors (Lipinski definition) is 1. The molecule has 0 radical (unpaired) electrons. The second-order valence-electron chi connectivity index (χ2n) is 7.63. The molecule has 2 N–H and O–H groups in total. The molecular formula is C19H28N4O. The first-order valence-electron chi connectivity index (χ1n) is 8.76. The van der Waals surface area contributed by atoms with Crippen LogP contribution in [0, 0.1) is 5.92 Å². The van der Waals surface area contributed by atoms with Crippen molar-refractivity contribution in [3.63, 3.8) is 0 Å². The molecule has 3 rings (SSSR count). The Bertz CT molecular complexity index is 749. The van der Waals surface area contributed by atoms with E-state index >= 15 is 0 Å². The molecule has 2 atom stereocenters. The van der Waals surface area contributed by atoms with Crippen molar-refractivity contribution in [3.05, 3.63) is 30.0 Å². The van der Waals surface area contributed by atoms with Crippen LogP contribution in [0.2, 0.25) is 0 Å². The fourth-order valence-electron chi connectivity index (χ4n) is 4.39. The lowest BCUT2D eigenvalue weighted by atomic mass is 9.69. The molecular weight excluding hydrogens is 300 g/mol. The van der Waals surface area contributed by atoms with Gasteiger partial charge in [0.25, 0.3) is 0 Å². The van der Waals surface area contributed by atoms with Crippen molar-refractivity contribution in [1.82, 2.24) is 14.7 Å². The molecule has 0 saturated carbocycles. The summed E-state index contributed by atoms with van der Waals surface area (Å²) in [5.74, 6) is -0.491. The van der Waals surface area contributed by atoms with Gasteiger partial charge in [0.15, 0.2) is 0 Å². The summed E-state index contributed by atoms with van der Waals surface area (Å²) in [7, 11) is 4.06. The lowest BCUT2D eigenvalue weighted by Gasteiger charge is -2.43. The molecule has 5 heteroatoms. The van der Waals surface area contributed by atoms with Gasteiger partial charge in [0, 0.05) is 23.9 Å². The minimum Gasteiger partial charge on any atom is -0.369 e. The van der Waals surface area contributed by atoms with Crippen molar-refractivity contribution >= 4 is 16.8 Å². The van der Waals surface area contributed by atoms with E-state index in [1.54, 1.807) is 0 Å². The van der Waals surface area contributed by atoms with Gasteiger partial charge in [-0.2, -0.15) is 5.10 Å². The van der Waals surface area contributed by atoms with Gasteiger partial charge in [-0.1, -0.05) is 38.5 Å². The van der Waals surface area contributed by atoms with Crippen LogP contribution in [0.5, 0.6) is 0 Å². The van der Waals surface area contributed by atoms with E-state index in [0.29, 0.717) is 0 Å². The summed E-state index contributed by atoms with van der Waals surface area (Å²) in [6.45, 7) is 5.24. The molecule has 2 unspecified atom stereocenters. The molecule has 1 aliphatic rings. The quantitative estimate of drug-likeness (QED) is 0.937. The average Bonchev–Trinajstić information content (AvgIpc) is 2.87. The number of benzene rings is 1. The maximum absolute atomic E-state index is 12.5. The number of amides is 1. The van der Waals surface area contributed by atoms with Crippen LogP contribution >= 0.6 is 0 Å². The fourth-order valence-corrected chi connectivity index (χ4v) is 4.39. The number of nitrogens with two attached hydrogens (primary N) is 1. The normalized spacial score (nSPS) is 21.1. The second kappa shape index (κ2) is 6.20. The summed E-state index contributed by atoms with van der Waals surface area (Å²) >= 11 is 0. The van der Waals surface area contributed by atoms with Gasteiger partial charge < -0.3 is 10.6 Å². The topological polar surface area (TPSA) is 64.2 Å². The third-order valence-corrected chi connectivity index (χ3v) is 5.66. The van der Waals surface area contributed by atoms with Gasteiger partial charge in [0.2, 0.25) is 5.91 Å². The molecule has 0 aliphatic carbocycles. The monoisotopic (exact) mass is 328 g/mol. The zero-order chi connectivity index (χ0) is 17.5. The van der Waals surface area contributed by atoms with E-state index in [0.717, 1.165) is 36.0 Å². The summed E-state index contributed by atoms with van der Waals surface area (Å²) in [5, 5.41) is 5.88. The summed E-state index contributed by atoms with van der Waals surface area (Å²) in [5.41, 5.74) is 7.52. The Morgan fingerprint density at radius 3 is 2.67 bits per heavy atom. The maximum Gasteiger partial charge on any atom is 0.223 e. The van der Waals surface area contributed by atoms with Crippen LogP contribution in [0.4, 0.5) is 0 Å². The van der Waals surface area contributed by atoms with E-state index in [9.17, 15) is 4.79 Å². The predicted molar refractivity (Wildman–Crippen MR) is 96.7 cm³/mol. The molecule has 5 nitrogen and oxygen atoms in total. The molecule has 1 aromatic heterocycles. The van der Waals surface area contributed by atoms with E-state index in [4.69, 9.17) is 10.8 Å². The molecule has 1 aliphatic heterocycles. The number of aryl methyl sites for hydroxylation is 1. The Kier molecular flexibility index (Phi) is 4.38. The summed E-state index contributed by atoms with van der Waals surface area (Å²) in [6, 6.07) is 8.36. The van der Waals surface area contributed by atoms with Crippen LogP contribution in [0.15, 0.2) is 24.3 Å². The Hall–Kier alpha value is -1.88. The molecule has 2 aromatic rings. The first kappa shape index (κ1) is 17.0. The van der Waals surface area contributed by atoms with Crippen molar-refractivity contribution in [3.8, 4) is 0 Å². The van der Waals surface area contributed by atoms with Crippen LogP contribution in [0.25, 0.3) is 10.9 Å². The number of hydrogen-bond acceptors (Lipinski definition) is 3. The van der Waals surface area contributed by atoms with E-state index in [1.165, 1.54) is 6.42 Å². The molecule has 24 heavy (non-hydrogen) atoms. The van der Waals surface area contributed by atoms with Crippen molar-refractivity contribution in [2.24, 2.45) is 18.7 Å². The number of aromatic nitrogens is 2. The highest BCUT2D eigenvalue weighted by atomic mass is 16.1. The predicted octanol–water partition coefficient (Wildman–Crippen LogP) is 2.44. The summed E-state index contributed by atoms with van der Waals surface area (Å²) < 4.78 is 1.90. The van der Waals surface area contributed by atoms with Crippen LogP contribution in [-0.4, -0.2) is 40.2 Å². The number of para-hydroxylation sites is 1. The number of carbonyl (C=O) groups is 1. The highest BCUT2D eigenvalue weighted by Gasteiger charge is 2.45. The number of nitrogens with zero attached hydrogens (tertiary/aromatic N) is 3. The number of carbonyl (C=O) groups excluding carboxylic acids is 1. The standard InChI is InChI=1S/C19H28N4O/c1-19(2,16(18(20)24)15-11-7-8-12-22(15)3)17-13-9-5-6-10-14(13)23(4)21-17/h5-6,9-10,15-16H,7-8,11-12H2,1-4H3,(H2,20,24). The van der Waals surface area contributed by atoms with Crippen LogP contribution in [0.3, 0.4) is 0 Å². The number of rotatable bonds is 4. The van der Waals surface area contributed by atoms with E-state index < -0.39 is 5.41 Å². The van der Waals surface area contributed by atoms with E-state index in [1.807, 2.05) is 23.9 Å². The van der Waals surface area contributed by atoms with Gasteiger partial charge >= 0.3 is 0 Å². The van der Waals surface area contributed by atoms with Crippen LogP contribution in [-0.2, 0) is 17.3 Å². The number of piperidine rings is 1. The summed E-state index contributed by atoms with van der Waals surface area (Å²) in [4.78, 5) is 14.8. The SMILES string of the molecule is CN1CCCCC1C(C(N)=O)C(C)(C)c1nn(C)c2ccccc12. The number of likely N-dealkylation sites (tertiary alicyclic amines) is 1. The minimum atomic E-state index is -0.428. The maximum atomic E-state index is 12.5. The van der Waals surface area contributed by atoms with Crippen LogP contribution in [0.1, 0.15) is 38.8 Å². The minimum absolute atomic E-state index is 0.173. The Labute approximate surface area is 143 Å². The van der Waals surface area contributed by atoms with E-state index in [-0.39, 0.29) is 17.9 Å². The Morgan fingerprint density at radius 2 is 2.00 bits per heavy atom. The van der Waals surface area contributed by atoms with Gasteiger partial charge in [-0.15, -0.1) is 0 Å². The number of primary amides is 1. The first-order chi connectivity index (χ1) is 11.3. The zero-order valence-electron chi connectivity index (χ0n) is 15.1. The van der Waals surface area contributed by atoms with Crippen LogP contribution < -0.4 is 5.73 Å². The molecule has 1 fully saturated rings. The second-order valence-corrected chi connectivity index (χ2v) is 7.63. The smallest absolute Gasteiger partial charge is 0.223 e. The van der Waals surface area contributed by atoms with Crippen molar-refractivity contribution in [2.75, 3.05) is 13.6 Å². The molecule has 1 amide bonds. The molecule has 130 valence electrons. The van der Waals surface area contributed by atoms with Gasteiger partial charge in [0.05, 0.1) is 17.1 Å². The zero-order valence-corrected chi connectivity index (χ0v) is 15.1. The number of fused-ring (bicyclic) bond motifs is 1. The lowest BCUT2D eigenvalue weighted by Crippen LogP contribution is -2.53. The van der Waals surface area contributed by atoms with Gasteiger partial charge in [-0.3, -0.25) is 9.48 Å². The summed E-state index contributed by atoms with van der Waals surface area (Å²) in [6.07, 6.45) is 3.35. The molecule has 2 heterocycles. The Morgan fingerprint density at radius 1 is 1.29 bits per heavy atom.